The summed E-state index contributed by atoms with van der Waals surface area (Å²) in [5.41, 5.74) is 5.88. The van der Waals surface area contributed by atoms with Crippen LogP contribution in [0.3, 0.4) is 0 Å². The minimum absolute atomic E-state index is 0.0238. The minimum atomic E-state index is -1.08. The highest BCUT2D eigenvalue weighted by Crippen LogP contribution is 2.26. The molecule has 18 heavy (non-hydrogen) atoms. The molecular formula is C12H9BrN2O3. The van der Waals surface area contributed by atoms with Gasteiger partial charge in [0.2, 0.25) is 5.88 Å². The van der Waals surface area contributed by atoms with Gasteiger partial charge in [0.05, 0.1) is 11.3 Å². The molecule has 1 aromatic heterocycles. The molecule has 0 saturated heterocycles. The quantitative estimate of drug-likeness (QED) is 0.910. The molecule has 0 aliphatic carbocycles. The lowest BCUT2D eigenvalue weighted by Gasteiger charge is -2.07. The first-order valence-electron chi connectivity index (χ1n) is 4.98. The molecule has 6 heteroatoms. The van der Waals surface area contributed by atoms with Crippen LogP contribution in [0.5, 0.6) is 11.6 Å². The van der Waals surface area contributed by atoms with Crippen molar-refractivity contribution >= 4 is 27.6 Å². The van der Waals surface area contributed by atoms with E-state index in [0.717, 1.165) is 4.47 Å². The van der Waals surface area contributed by atoms with Crippen LogP contribution < -0.4 is 10.5 Å². The molecule has 3 N–H and O–H groups in total. The highest BCUT2D eigenvalue weighted by atomic mass is 79.9. The molecule has 0 atom stereocenters. The Morgan fingerprint density at radius 2 is 2.00 bits per heavy atom. The Kier molecular flexibility index (Phi) is 3.47. The third-order valence-corrected chi connectivity index (χ3v) is 2.68. The number of hydrogen-bond acceptors (Lipinski definition) is 4. The van der Waals surface area contributed by atoms with Gasteiger partial charge < -0.3 is 15.6 Å². The van der Waals surface area contributed by atoms with Gasteiger partial charge in [-0.15, -0.1) is 0 Å². The van der Waals surface area contributed by atoms with Crippen molar-refractivity contribution in [3.63, 3.8) is 0 Å². The summed E-state index contributed by atoms with van der Waals surface area (Å²) >= 11 is 3.31. The highest BCUT2D eigenvalue weighted by molar-refractivity contribution is 9.10. The van der Waals surface area contributed by atoms with Crippen LogP contribution in [0.1, 0.15) is 10.4 Å². The number of nitrogen functional groups attached to an aromatic ring is 1. The highest BCUT2D eigenvalue weighted by Gasteiger charge is 2.09. The Morgan fingerprint density at radius 1 is 1.33 bits per heavy atom. The third-order valence-electron chi connectivity index (χ3n) is 2.15. The molecule has 0 unspecified atom stereocenters. The maximum Gasteiger partial charge on any atom is 0.337 e. The number of halogens is 1. The molecule has 2 rings (SSSR count). The van der Waals surface area contributed by atoms with E-state index in [1.807, 2.05) is 12.1 Å². The van der Waals surface area contributed by atoms with Gasteiger partial charge in [-0.3, -0.25) is 0 Å². The number of anilines is 1. The number of pyridine rings is 1. The Labute approximate surface area is 111 Å². The first-order valence-corrected chi connectivity index (χ1v) is 5.78. The Morgan fingerprint density at radius 3 is 2.56 bits per heavy atom. The van der Waals surface area contributed by atoms with Crippen molar-refractivity contribution in [3.8, 4) is 11.6 Å². The molecule has 0 spiro atoms. The average Bonchev–Trinajstić information content (AvgIpc) is 2.34. The SMILES string of the molecule is Nc1cc(C(=O)O)cnc1Oc1ccc(Br)cc1. The number of nitrogens with two attached hydrogens (primary N) is 1. The lowest BCUT2D eigenvalue weighted by Crippen LogP contribution is -2.01. The fraction of sp³-hybridized carbons (Fsp3) is 0. The van der Waals surface area contributed by atoms with E-state index in [9.17, 15) is 4.79 Å². The van der Waals surface area contributed by atoms with Crippen LogP contribution in [0, 0.1) is 0 Å². The van der Waals surface area contributed by atoms with Crippen molar-refractivity contribution in [2.24, 2.45) is 0 Å². The smallest absolute Gasteiger partial charge is 0.337 e. The minimum Gasteiger partial charge on any atom is -0.478 e. The first-order chi connectivity index (χ1) is 8.56. The number of nitrogens with zero attached hydrogens (tertiary/aromatic N) is 1. The molecule has 0 radical (unpaired) electrons. The topological polar surface area (TPSA) is 85.4 Å². The van der Waals surface area contributed by atoms with E-state index in [1.54, 1.807) is 12.1 Å². The summed E-state index contributed by atoms with van der Waals surface area (Å²) < 4.78 is 6.38. The van der Waals surface area contributed by atoms with Gasteiger partial charge in [0.1, 0.15) is 5.75 Å². The third kappa shape index (κ3) is 2.78. The fourth-order valence-electron chi connectivity index (χ4n) is 1.29. The zero-order valence-electron chi connectivity index (χ0n) is 9.13. The van der Waals surface area contributed by atoms with Crippen molar-refractivity contribution in [3.05, 3.63) is 46.6 Å². The predicted molar refractivity (Wildman–Crippen MR) is 69.8 cm³/mol. The number of carboxylic acids is 1. The molecule has 5 nitrogen and oxygen atoms in total. The normalized spacial score (nSPS) is 10.1. The zero-order valence-corrected chi connectivity index (χ0v) is 10.7. The van der Waals surface area contributed by atoms with Crippen LogP contribution in [0.15, 0.2) is 41.0 Å². The molecule has 1 aromatic carbocycles. The van der Waals surface area contributed by atoms with Gasteiger partial charge in [0.25, 0.3) is 0 Å². The zero-order chi connectivity index (χ0) is 13.1. The van der Waals surface area contributed by atoms with E-state index < -0.39 is 5.97 Å². The second kappa shape index (κ2) is 5.05. The lowest BCUT2D eigenvalue weighted by molar-refractivity contribution is 0.0696. The fourth-order valence-corrected chi connectivity index (χ4v) is 1.55. The van der Waals surface area contributed by atoms with Gasteiger partial charge in [0.15, 0.2) is 0 Å². The number of carboxylic acid groups (broad SMARTS) is 1. The van der Waals surface area contributed by atoms with E-state index in [-0.39, 0.29) is 17.1 Å². The van der Waals surface area contributed by atoms with Crippen LogP contribution in [0.25, 0.3) is 0 Å². The molecule has 0 aliphatic heterocycles. The number of aromatic carboxylic acids is 1. The van der Waals surface area contributed by atoms with E-state index >= 15 is 0 Å². The van der Waals surface area contributed by atoms with Crippen LogP contribution in [-0.4, -0.2) is 16.1 Å². The van der Waals surface area contributed by atoms with Gasteiger partial charge in [-0.25, -0.2) is 9.78 Å². The van der Waals surface area contributed by atoms with Gasteiger partial charge >= 0.3 is 5.97 Å². The van der Waals surface area contributed by atoms with E-state index in [1.165, 1.54) is 12.3 Å². The van der Waals surface area contributed by atoms with Gasteiger partial charge in [-0.05, 0) is 30.3 Å². The molecule has 2 aromatic rings. The maximum absolute atomic E-state index is 10.7. The summed E-state index contributed by atoms with van der Waals surface area (Å²) in [6.07, 6.45) is 1.20. The molecule has 0 fully saturated rings. The van der Waals surface area contributed by atoms with Crippen LogP contribution in [0.2, 0.25) is 0 Å². The molecule has 1 heterocycles. The van der Waals surface area contributed by atoms with Gasteiger partial charge in [-0.1, -0.05) is 15.9 Å². The van der Waals surface area contributed by atoms with E-state index in [0.29, 0.717) is 5.75 Å². The summed E-state index contributed by atoms with van der Waals surface area (Å²) in [4.78, 5) is 14.6. The van der Waals surface area contributed by atoms with Gasteiger partial charge in [-0.2, -0.15) is 0 Å². The standard InChI is InChI=1S/C12H9BrN2O3/c13-8-1-3-9(4-2-8)18-11-10(14)5-7(6-15-11)12(16)17/h1-6H,14H2,(H,16,17). The second-order valence-electron chi connectivity index (χ2n) is 3.48. The number of aromatic nitrogens is 1. The van der Waals surface area contributed by atoms with Crippen molar-refractivity contribution in [1.82, 2.24) is 4.98 Å². The number of ether oxygens (including phenoxy) is 1. The second-order valence-corrected chi connectivity index (χ2v) is 4.40. The molecule has 92 valence electrons. The average molecular weight is 309 g/mol. The Hall–Kier alpha value is -2.08. The number of benzene rings is 1. The van der Waals surface area contributed by atoms with Crippen LogP contribution in [0.4, 0.5) is 5.69 Å². The van der Waals surface area contributed by atoms with Gasteiger partial charge in [0, 0.05) is 10.7 Å². The molecule has 0 bridgehead atoms. The van der Waals surface area contributed by atoms with Crippen molar-refractivity contribution < 1.29 is 14.6 Å². The largest absolute Gasteiger partial charge is 0.478 e. The Bertz CT molecular complexity index is 584. The van der Waals surface area contributed by atoms with Crippen LogP contribution in [-0.2, 0) is 0 Å². The monoisotopic (exact) mass is 308 g/mol. The first kappa shape index (κ1) is 12.4. The van der Waals surface area contributed by atoms with Crippen LogP contribution >= 0.6 is 15.9 Å². The lowest BCUT2D eigenvalue weighted by atomic mass is 10.2. The summed E-state index contributed by atoms with van der Waals surface area (Å²) in [6, 6.07) is 8.43. The number of carbonyl (C=O) groups is 1. The molecule has 0 amide bonds. The number of hydrogen-bond donors (Lipinski definition) is 2. The van der Waals surface area contributed by atoms with Crippen molar-refractivity contribution in [2.75, 3.05) is 5.73 Å². The van der Waals surface area contributed by atoms with E-state index in [2.05, 4.69) is 20.9 Å². The van der Waals surface area contributed by atoms with Crippen molar-refractivity contribution in [1.29, 1.82) is 0 Å². The summed E-state index contributed by atoms with van der Waals surface area (Å²) in [5.74, 6) is -0.327. The molecule has 0 aliphatic rings. The summed E-state index contributed by atoms with van der Waals surface area (Å²) in [6.45, 7) is 0. The molecule has 0 saturated carbocycles. The molecular weight excluding hydrogens is 300 g/mol. The summed E-state index contributed by atoms with van der Waals surface area (Å²) in [7, 11) is 0. The van der Waals surface area contributed by atoms with E-state index in [4.69, 9.17) is 15.6 Å². The van der Waals surface area contributed by atoms with Crippen molar-refractivity contribution in [2.45, 2.75) is 0 Å². The predicted octanol–water partition coefficient (Wildman–Crippen LogP) is 2.92. The number of rotatable bonds is 3. The maximum atomic E-state index is 10.7. The Balaban J connectivity index is 2.24. The summed E-state index contributed by atoms with van der Waals surface area (Å²) in [5, 5.41) is 8.78.